The Kier molecular flexibility index (Phi) is 4.33. The SMILES string of the molecule is COC1=CC=C(C(O)Cc2ccncc2)C2=CC(C(F)(F)F)NN12. The molecule has 0 radical (unpaired) electrons. The molecule has 0 bridgehead atoms. The first kappa shape index (κ1) is 16.5. The number of aliphatic hydroxyl groups excluding tert-OH is 1. The number of aromatic nitrogens is 1. The summed E-state index contributed by atoms with van der Waals surface area (Å²) in [6.45, 7) is 0. The smallest absolute Gasteiger partial charge is 0.409 e. The van der Waals surface area contributed by atoms with Crippen molar-refractivity contribution in [2.45, 2.75) is 24.7 Å². The number of allylic oxidation sites excluding steroid dienone is 2. The molecule has 1 aromatic rings. The van der Waals surface area contributed by atoms with Crippen molar-refractivity contribution in [1.29, 1.82) is 0 Å². The Hall–Kier alpha value is -2.32. The summed E-state index contributed by atoms with van der Waals surface area (Å²) >= 11 is 0. The second kappa shape index (κ2) is 6.29. The van der Waals surface area contributed by atoms with Gasteiger partial charge < -0.3 is 9.84 Å². The van der Waals surface area contributed by atoms with Crippen LogP contribution in [0.25, 0.3) is 0 Å². The summed E-state index contributed by atoms with van der Waals surface area (Å²) in [5.41, 5.74) is 3.83. The number of pyridine rings is 1. The van der Waals surface area contributed by atoms with E-state index in [9.17, 15) is 18.3 Å². The summed E-state index contributed by atoms with van der Waals surface area (Å²) < 4.78 is 44.2. The first-order valence-electron chi connectivity index (χ1n) is 7.28. The zero-order valence-electron chi connectivity index (χ0n) is 12.8. The Morgan fingerprint density at radius 3 is 2.67 bits per heavy atom. The number of alkyl halides is 3. The summed E-state index contributed by atoms with van der Waals surface area (Å²) in [5, 5.41) is 11.7. The number of nitrogens with zero attached hydrogens (tertiary/aromatic N) is 2. The van der Waals surface area contributed by atoms with Gasteiger partial charge >= 0.3 is 6.18 Å². The lowest BCUT2D eigenvalue weighted by molar-refractivity contribution is -0.149. The third-order valence-electron chi connectivity index (χ3n) is 3.85. The van der Waals surface area contributed by atoms with Crippen molar-refractivity contribution in [3.63, 3.8) is 0 Å². The number of ether oxygens (including phenoxy) is 1. The van der Waals surface area contributed by atoms with Gasteiger partial charge in [0.15, 0.2) is 0 Å². The molecule has 0 fully saturated rings. The normalized spacial score (nSPS) is 21.6. The van der Waals surface area contributed by atoms with Gasteiger partial charge in [-0.25, -0.2) is 10.4 Å². The van der Waals surface area contributed by atoms with Crippen molar-refractivity contribution in [2.24, 2.45) is 0 Å². The van der Waals surface area contributed by atoms with E-state index in [1.807, 2.05) is 0 Å². The fourth-order valence-electron chi connectivity index (χ4n) is 2.67. The third-order valence-corrected chi connectivity index (χ3v) is 3.85. The predicted octanol–water partition coefficient (Wildman–Crippen LogP) is 2.05. The van der Waals surface area contributed by atoms with Crippen LogP contribution >= 0.6 is 0 Å². The molecule has 8 heteroatoms. The lowest BCUT2D eigenvalue weighted by Crippen LogP contribution is -2.45. The molecule has 3 heterocycles. The first-order chi connectivity index (χ1) is 11.4. The Morgan fingerprint density at radius 2 is 2.04 bits per heavy atom. The quantitative estimate of drug-likeness (QED) is 0.879. The molecule has 2 aliphatic rings. The van der Waals surface area contributed by atoms with E-state index in [2.05, 4.69) is 10.4 Å². The molecule has 0 saturated heterocycles. The van der Waals surface area contributed by atoms with Crippen molar-refractivity contribution < 1.29 is 23.0 Å². The fourth-order valence-corrected chi connectivity index (χ4v) is 2.67. The van der Waals surface area contributed by atoms with Gasteiger partial charge in [0.2, 0.25) is 5.88 Å². The highest BCUT2D eigenvalue weighted by Crippen LogP contribution is 2.35. The van der Waals surface area contributed by atoms with E-state index < -0.39 is 18.3 Å². The number of hydrazine groups is 1. The number of nitrogens with one attached hydrogen (secondary N) is 1. The lowest BCUT2D eigenvalue weighted by Gasteiger charge is -2.30. The van der Waals surface area contributed by atoms with Crippen LogP contribution in [-0.2, 0) is 11.2 Å². The number of methoxy groups -OCH3 is 1. The largest absolute Gasteiger partial charge is 0.481 e. The Bertz CT molecular complexity index is 698. The predicted molar refractivity (Wildman–Crippen MR) is 80.0 cm³/mol. The third kappa shape index (κ3) is 3.15. The van der Waals surface area contributed by atoms with Crippen LogP contribution in [0.5, 0.6) is 0 Å². The number of aliphatic hydroxyl groups is 1. The van der Waals surface area contributed by atoms with Gasteiger partial charge in [0.1, 0.15) is 6.04 Å². The molecule has 3 rings (SSSR count). The van der Waals surface area contributed by atoms with Crippen LogP contribution in [0.1, 0.15) is 5.56 Å². The molecule has 0 saturated carbocycles. The average Bonchev–Trinajstić information content (AvgIpc) is 3.00. The molecule has 2 atom stereocenters. The van der Waals surface area contributed by atoms with E-state index in [0.717, 1.165) is 11.6 Å². The van der Waals surface area contributed by atoms with Gasteiger partial charge in [-0.1, -0.05) is 0 Å². The second-order valence-electron chi connectivity index (χ2n) is 5.44. The molecule has 24 heavy (non-hydrogen) atoms. The van der Waals surface area contributed by atoms with Gasteiger partial charge in [-0.3, -0.25) is 4.98 Å². The molecule has 0 amide bonds. The maximum absolute atomic E-state index is 13.0. The van der Waals surface area contributed by atoms with Crippen molar-refractivity contribution in [1.82, 2.24) is 15.4 Å². The molecule has 0 aliphatic carbocycles. The molecule has 128 valence electrons. The van der Waals surface area contributed by atoms with Gasteiger partial charge in [0.25, 0.3) is 0 Å². The lowest BCUT2D eigenvalue weighted by atomic mass is 9.97. The van der Waals surface area contributed by atoms with E-state index in [4.69, 9.17) is 4.74 Å². The van der Waals surface area contributed by atoms with Crippen LogP contribution in [-0.4, -0.2) is 40.5 Å². The monoisotopic (exact) mass is 339 g/mol. The van der Waals surface area contributed by atoms with E-state index in [0.29, 0.717) is 5.57 Å². The highest BCUT2D eigenvalue weighted by molar-refractivity contribution is 5.45. The molecule has 5 nitrogen and oxygen atoms in total. The van der Waals surface area contributed by atoms with E-state index in [1.54, 1.807) is 30.6 Å². The van der Waals surface area contributed by atoms with Crippen LogP contribution in [0, 0.1) is 0 Å². The van der Waals surface area contributed by atoms with Gasteiger partial charge in [-0.2, -0.15) is 13.2 Å². The summed E-state index contributed by atoms with van der Waals surface area (Å²) in [4.78, 5) is 3.90. The molecule has 0 aromatic carbocycles. The molecule has 1 aromatic heterocycles. The van der Waals surface area contributed by atoms with Crippen LogP contribution in [0.15, 0.2) is 59.9 Å². The summed E-state index contributed by atoms with van der Waals surface area (Å²) in [7, 11) is 1.37. The molecule has 0 spiro atoms. The van der Waals surface area contributed by atoms with Crippen molar-refractivity contribution >= 4 is 0 Å². The average molecular weight is 339 g/mol. The molecule has 2 N–H and O–H groups in total. The van der Waals surface area contributed by atoms with E-state index in [1.165, 1.54) is 18.2 Å². The standard InChI is InChI=1S/C16H16F3N3O2/c1-24-15-3-2-11(13(23)8-10-4-6-20-7-5-10)12-9-14(16(17,18)19)21-22(12)15/h2-7,9,13-14,21,23H,8H2,1H3. The summed E-state index contributed by atoms with van der Waals surface area (Å²) in [6.07, 6.45) is 2.22. The van der Waals surface area contributed by atoms with E-state index in [-0.39, 0.29) is 18.0 Å². The van der Waals surface area contributed by atoms with E-state index >= 15 is 0 Å². The highest BCUT2D eigenvalue weighted by atomic mass is 19.4. The number of fused-ring (bicyclic) bond motifs is 1. The maximum Gasteiger partial charge on any atom is 0.409 e. The highest BCUT2D eigenvalue weighted by Gasteiger charge is 2.45. The summed E-state index contributed by atoms with van der Waals surface area (Å²) in [6, 6.07) is 1.67. The van der Waals surface area contributed by atoms with Crippen LogP contribution in [0.2, 0.25) is 0 Å². The van der Waals surface area contributed by atoms with Gasteiger partial charge in [0, 0.05) is 30.5 Å². The molecule has 2 aliphatic heterocycles. The van der Waals surface area contributed by atoms with Crippen LogP contribution < -0.4 is 5.43 Å². The molecular weight excluding hydrogens is 323 g/mol. The zero-order valence-corrected chi connectivity index (χ0v) is 12.8. The number of hydrogen-bond donors (Lipinski definition) is 2. The minimum absolute atomic E-state index is 0.230. The van der Waals surface area contributed by atoms with Crippen molar-refractivity contribution in [2.75, 3.05) is 7.11 Å². The first-order valence-corrected chi connectivity index (χ1v) is 7.28. The maximum atomic E-state index is 13.0. The Balaban J connectivity index is 1.88. The number of hydrogen-bond acceptors (Lipinski definition) is 5. The van der Waals surface area contributed by atoms with Crippen molar-refractivity contribution in [3.05, 3.63) is 65.5 Å². The minimum atomic E-state index is -4.44. The molecule has 2 unspecified atom stereocenters. The van der Waals surface area contributed by atoms with Crippen molar-refractivity contribution in [3.8, 4) is 0 Å². The topological polar surface area (TPSA) is 57.6 Å². The van der Waals surface area contributed by atoms with Gasteiger partial charge in [-0.15, -0.1) is 0 Å². The zero-order chi connectivity index (χ0) is 17.3. The van der Waals surface area contributed by atoms with Crippen LogP contribution in [0.4, 0.5) is 13.2 Å². The fraction of sp³-hybridized carbons (Fsp3) is 0.312. The molecular formula is C16H16F3N3O2. The van der Waals surface area contributed by atoms with Gasteiger partial charge in [0.05, 0.1) is 18.9 Å². The van der Waals surface area contributed by atoms with Gasteiger partial charge in [-0.05, 0) is 29.8 Å². The Morgan fingerprint density at radius 1 is 1.33 bits per heavy atom. The second-order valence-corrected chi connectivity index (χ2v) is 5.44. The minimum Gasteiger partial charge on any atom is -0.481 e. The van der Waals surface area contributed by atoms with Crippen LogP contribution in [0.3, 0.4) is 0 Å². The Labute approximate surface area is 136 Å². The number of rotatable bonds is 4. The summed E-state index contributed by atoms with van der Waals surface area (Å²) in [5.74, 6) is 0.230. The number of halogens is 3.